The van der Waals surface area contributed by atoms with E-state index in [4.69, 9.17) is 16.3 Å². The Hall–Kier alpha value is -2.02. The number of ether oxygens (including phenoxy) is 1. The molecule has 3 nitrogen and oxygen atoms in total. The van der Waals surface area contributed by atoms with E-state index in [1.807, 2.05) is 24.3 Å². The van der Waals surface area contributed by atoms with Gasteiger partial charge in [0.15, 0.2) is 0 Å². The third kappa shape index (κ3) is 2.49. The van der Waals surface area contributed by atoms with E-state index in [1.54, 1.807) is 24.3 Å². The number of para-hydroxylation sites is 1. The molecule has 0 spiro atoms. The standard InChI is InChI=1S/C17H14ClNO2/c18-14-7-5-12(6-8-14)16(20)17(10-19)9-13-3-1-2-4-15(13)21-11-17/h1-8,16,20H,9,11H2. The summed E-state index contributed by atoms with van der Waals surface area (Å²) in [6.45, 7) is 0.171. The lowest BCUT2D eigenvalue weighted by molar-refractivity contribution is 0.0172. The van der Waals surface area contributed by atoms with Crippen LogP contribution in [0.1, 0.15) is 17.2 Å². The fourth-order valence-electron chi connectivity index (χ4n) is 2.66. The highest BCUT2D eigenvalue weighted by Gasteiger charge is 2.43. The number of hydrogen-bond acceptors (Lipinski definition) is 3. The molecule has 2 unspecified atom stereocenters. The molecule has 1 heterocycles. The normalized spacial score (nSPS) is 21.8. The molecule has 0 saturated heterocycles. The predicted octanol–water partition coefficient (Wildman–Crippen LogP) is 3.52. The molecule has 4 heteroatoms. The lowest BCUT2D eigenvalue weighted by Crippen LogP contribution is -2.39. The van der Waals surface area contributed by atoms with Crippen LogP contribution in [-0.4, -0.2) is 11.7 Å². The second kappa shape index (κ2) is 5.40. The van der Waals surface area contributed by atoms with Crippen molar-refractivity contribution >= 4 is 11.6 Å². The third-order valence-corrected chi connectivity index (χ3v) is 4.15. The molecule has 1 aliphatic rings. The van der Waals surface area contributed by atoms with Crippen LogP contribution in [0.2, 0.25) is 5.02 Å². The summed E-state index contributed by atoms with van der Waals surface area (Å²) < 4.78 is 5.69. The molecule has 2 aromatic carbocycles. The van der Waals surface area contributed by atoms with Crippen LogP contribution in [-0.2, 0) is 6.42 Å². The number of hydrogen-bond donors (Lipinski definition) is 1. The lowest BCUT2D eigenvalue weighted by atomic mass is 9.74. The predicted molar refractivity (Wildman–Crippen MR) is 80.1 cm³/mol. The summed E-state index contributed by atoms with van der Waals surface area (Å²) in [5.74, 6) is 0.784. The van der Waals surface area contributed by atoms with Crippen molar-refractivity contribution in [3.05, 3.63) is 64.7 Å². The van der Waals surface area contributed by atoms with Gasteiger partial charge in [-0.05, 0) is 29.3 Å². The minimum Gasteiger partial charge on any atom is -0.492 e. The number of aliphatic hydroxyl groups excluding tert-OH is 1. The second-order valence-electron chi connectivity index (χ2n) is 5.30. The summed E-state index contributed by atoms with van der Waals surface area (Å²) in [7, 11) is 0. The molecule has 0 bridgehead atoms. The second-order valence-corrected chi connectivity index (χ2v) is 5.73. The molecule has 0 aromatic heterocycles. The van der Waals surface area contributed by atoms with Crippen molar-refractivity contribution in [2.45, 2.75) is 12.5 Å². The van der Waals surface area contributed by atoms with E-state index in [-0.39, 0.29) is 6.61 Å². The van der Waals surface area contributed by atoms with Gasteiger partial charge in [-0.2, -0.15) is 5.26 Å². The van der Waals surface area contributed by atoms with E-state index < -0.39 is 11.5 Å². The average Bonchev–Trinajstić information content (AvgIpc) is 2.54. The molecule has 0 fully saturated rings. The van der Waals surface area contributed by atoms with Crippen molar-refractivity contribution in [1.29, 1.82) is 5.26 Å². The number of rotatable bonds is 2. The highest BCUT2D eigenvalue weighted by atomic mass is 35.5. The van der Waals surface area contributed by atoms with Crippen LogP contribution in [0, 0.1) is 16.7 Å². The smallest absolute Gasteiger partial charge is 0.125 e. The number of nitrogens with zero attached hydrogens (tertiary/aromatic N) is 1. The SMILES string of the molecule is N#CC1(C(O)c2ccc(Cl)cc2)COc2ccccc2C1. The zero-order valence-corrected chi connectivity index (χ0v) is 12.0. The fraction of sp³-hybridized carbons (Fsp3) is 0.235. The van der Waals surface area contributed by atoms with Crippen molar-refractivity contribution in [1.82, 2.24) is 0 Å². The Labute approximate surface area is 128 Å². The van der Waals surface area contributed by atoms with Gasteiger partial charge in [-0.15, -0.1) is 0 Å². The number of halogens is 1. The third-order valence-electron chi connectivity index (χ3n) is 3.90. The van der Waals surface area contributed by atoms with Gasteiger partial charge in [0, 0.05) is 11.4 Å². The van der Waals surface area contributed by atoms with Crippen LogP contribution < -0.4 is 4.74 Å². The molecule has 1 N–H and O–H groups in total. The summed E-state index contributed by atoms with van der Waals surface area (Å²) >= 11 is 5.87. The molecule has 21 heavy (non-hydrogen) atoms. The van der Waals surface area contributed by atoms with Crippen molar-refractivity contribution in [3.63, 3.8) is 0 Å². The zero-order chi connectivity index (χ0) is 14.9. The van der Waals surface area contributed by atoms with Gasteiger partial charge in [-0.25, -0.2) is 0 Å². The largest absolute Gasteiger partial charge is 0.492 e. The van der Waals surface area contributed by atoms with Crippen molar-refractivity contribution < 1.29 is 9.84 Å². The van der Waals surface area contributed by atoms with Crippen LogP contribution >= 0.6 is 11.6 Å². The first-order valence-electron chi connectivity index (χ1n) is 6.70. The Kier molecular flexibility index (Phi) is 3.59. The Bertz CT molecular complexity index is 693. The molecule has 3 rings (SSSR count). The van der Waals surface area contributed by atoms with Crippen LogP contribution in [0.25, 0.3) is 0 Å². The Morgan fingerprint density at radius 3 is 2.62 bits per heavy atom. The summed E-state index contributed by atoms with van der Waals surface area (Å²) in [5.41, 5.74) is 0.629. The minimum atomic E-state index is -0.984. The van der Waals surface area contributed by atoms with Gasteiger partial charge in [0.25, 0.3) is 0 Å². The number of benzene rings is 2. The minimum absolute atomic E-state index is 0.171. The number of nitriles is 1. The first-order chi connectivity index (χ1) is 10.1. The molecule has 0 amide bonds. The van der Waals surface area contributed by atoms with Crippen molar-refractivity contribution in [2.75, 3.05) is 6.61 Å². The quantitative estimate of drug-likeness (QED) is 0.923. The van der Waals surface area contributed by atoms with Crippen LogP contribution in [0.15, 0.2) is 48.5 Å². The van der Waals surface area contributed by atoms with Gasteiger partial charge >= 0.3 is 0 Å². The molecule has 0 saturated carbocycles. The molecule has 0 aliphatic carbocycles. The maximum absolute atomic E-state index is 10.7. The summed E-state index contributed by atoms with van der Waals surface area (Å²) in [4.78, 5) is 0. The van der Waals surface area contributed by atoms with Crippen LogP contribution in [0.4, 0.5) is 0 Å². The van der Waals surface area contributed by atoms with E-state index in [0.29, 0.717) is 17.0 Å². The maximum Gasteiger partial charge on any atom is 0.125 e. The van der Waals surface area contributed by atoms with E-state index in [2.05, 4.69) is 6.07 Å². The van der Waals surface area contributed by atoms with E-state index in [9.17, 15) is 10.4 Å². The van der Waals surface area contributed by atoms with Gasteiger partial charge in [0.05, 0.1) is 6.07 Å². The molecule has 2 atom stereocenters. The Morgan fingerprint density at radius 1 is 1.19 bits per heavy atom. The summed E-state index contributed by atoms with van der Waals surface area (Å²) in [6, 6.07) is 16.8. The van der Waals surface area contributed by atoms with Crippen LogP contribution in [0.5, 0.6) is 5.75 Å². The molecular formula is C17H14ClNO2. The average molecular weight is 300 g/mol. The first-order valence-corrected chi connectivity index (χ1v) is 7.08. The fourth-order valence-corrected chi connectivity index (χ4v) is 2.79. The van der Waals surface area contributed by atoms with Gasteiger partial charge in [-0.1, -0.05) is 41.9 Å². The van der Waals surface area contributed by atoms with E-state index in [1.165, 1.54) is 0 Å². The Balaban J connectivity index is 1.95. The molecule has 1 aliphatic heterocycles. The van der Waals surface area contributed by atoms with Gasteiger partial charge in [0.1, 0.15) is 23.9 Å². The van der Waals surface area contributed by atoms with E-state index in [0.717, 1.165) is 11.3 Å². The molecule has 106 valence electrons. The van der Waals surface area contributed by atoms with E-state index >= 15 is 0 Å². The number of fused-ring (bicyclic) bond motifs is 1. The van der Waals surface area contributed by atoms with Crippen LogP contribution in [0.3, 0.4) is 0 Å². The van der Waals surface area contributed by atoms with Gasteiger partial charge < -0.3 is 9.84 Å². The number of aliphatic hydroxyl groups is 1. The maximum atomic E-state index is 10.7. The van der Waals surface area contributed by atoms with Gasteiger partial charge in [-0.3, -0.25) is 0 Å². The van der Waals surface area contributed by atoms with Gasteiger partial charge in [0.2, 0.25) is 0 Å². The molecule has 0 radical (unpaired) electrons. The summed E-state index contributed by atoms with van der Waals surface area (Å²) in [6.07, 6.45) is -0.461. The zero-order valence-electron chi connectivity index (χ0n) is 11.3. The highest BCUT2D eigenvalue weighted by molar-refractivity contribution is 6.30. The summed E-state index contributed by atoms with van der Waals surface area (Å²) in [5, 5.41) is 20.9. The first kappa shape index (κ1) is 13.9. The lowest BCUT2D eigenvalue weighted by Gasteiger charge is -2.36. The monoisotopic (exact) mass is 299 g/mol. The Morgan fingerprint density at radius 2 is 1.90 bits per heavy atom. The molecule has 2 aromatic rings. The topological polar surface area (TPSA) is 53.2 Å². The highest BCUT2D eigenvalue weighted by Crippen LogP contribution is 2.42. The molecular weight excluding hydrogens is 286 g/mol. The van der Waals surface area contributed by atoms with Crippen molar-refractivity contribution in [3.8, 4) is 11.8 Å². The van der Waals surface area contributed by atoms with Crippen molar-refractivity contribution in [2.24, 2.45) is 5.41 Å².